The van der Waals surface area contributed by atoms with Gasteiger partial charge in [0.05, 0.1) is 5.56 Å². The van der Waals surface area contributed by atoms with Crippen LogP contribution < -0.4 is 10.6 Å². The molecule has 0 aromatic carbocycles. The van der Waals surface area contributed by atoms with Crippen LogP contribution in [0.4, 0.5) is 5.82 Å². The highest BCUT2D eigenvalue weighted by molar-refractivity contribution is 5.99. The number of carbonyl (C=O) groups is 1. The molecule has 1 aromatic heterocycles. The van der Waals surface area contributed by atoms with Gasteiger partial charge in [0.25, 0.3) is 5.91 Å². The molecule has 118 valence electrons. The Morgan fingerprint density at radius 2 is 2.05 bits per heavy atom. The van der Waals surface area contributed by atoms with Gasteiger partial charge >= 0.3 is 0 Å². The first-order valence-corrected chi connectivity index (χ1v) is 8.49. The van der Waals surface area contributed by atoms with Gasteiger partial charge in [0.2, 0.25) is 0 Å². The number of fused-ring (bicyclic) bond motifs is 1. The normalized spacial score (nSPS) is 30.9. The number of carbonyl (C=O) groups excluding carboxylic acids is 1. The maximum atomic E-state index is 13.0. The van der Waals surface area contributed by atoms with Crippen LogP contribution >= 0.6 is 0 Å². The van der Waals surface area contributed by atoms with Crippen molar-refractivity contribution >= 4 is 11.7 Å². The predicted molar refractivity (Wildman–Crippen MR) is 85.8 cm³/mol. The van der Waals surface area contributed by atoms with Crippen LogP contribution in [0, 0.1) is 11.8 Å². The Labute approximate surface area is 131 Å². The molecule has 1 saturated carbocycles. The van der Waals surface area contributed by atoms with Crippen LogP contribution in [-0.2, 0) is 0 Å². The van der Waals surface area contributed by atoms with Crippen LogP contribution in [0.2, 0.25) is 0 Å². The van der Waals surface area contributed by atoms with E-state index in [0.717, 1.165) is 44.0 Å². The minimum Gasteiger partial charge on any atom is -0.356 e. The molecule has 1 amide bonds. The molecule has 3 atom stereocenters. The van der Waals surface area contributed by atoms with Crippen LogP contribution in [-0.4, -0.2) is 48.0 Å². The zero-order valence-electron chi connectivity index (χ0n) is 12.9. The number of nitrogens with two attached hydrogens (primary N) is 1. The molecule has 1 aliphatic carbocycles. The van der Waals surface area contributed by atoms with E-state index in [2.05, 4.69) is 9.88 Å². The summed E-state index contributed by atoms with van der Waals surface area (Å²) < 4.78 is 0. The third-order valence-electron chi connectivity index (χ3n) is 5.62. The number of pyridine rings is 1. The summed E-state index contributed by atoms with van der Waals surface area (Å²) in [7, 11) is 0. The fourth-order valence-electron chi connectivity index (χ4n) is 4.39. The molecule has 3 aliphatic rings. The summed E-state index contributed by atoms with van der Waals surface area (Å²) in [6, 6.07) is 4.07. The summed E-state index contributed by atoms with van der Waals surface area (Å²) in [5.74, 6) is 2.10. The van der Waals surface area contributed by atoms with Gasteiger partial charge in [-0.05, 0) is 49.7 Å². The van der Waals surface area contributed by atoms with Crippen molar-refractivity contribution in [2.45, 2.75) is 31.7 Å². The molecule has 5 heteroatoms. The molecule has 2 saturated heterocycles. The van der Waals surface area contributed by atoms with Crippen molar-refractivity contribution in [1.82, 2.24) is 9.88 Å². The third kappa shape index (κ3) is 2.28. The number of rotatable bonds is 2. The maximum absolute atomic E-state index is 13.0. The molecule has 0 spiro atoms. The van der Waals surface area contributed by atoms with Crippen molar-refractivity contribution in [3.8, 4) is 0 Å². The first kappa shape index (κ1) is 14.0. The smallest absolute Gasteiger partial charge is 0.257 e. The number of aromatic nitrogens is 1. The van der Waals surface area contributed by atoms with Crippen LogP contribution in [0.1, 0.15) is 36.0 Å². The fourth-order valence-corrected chi connectivity index (χ4v) is 4.39. The molecule has 3 unspecified atom stereocenters. The van der Waals surface area contributed by atoms with Gasteiger partial charge in [-0.15, -0.1) is 0 Å². The van der Waals surface area contributed by atoms with Crippen LogP contribution in [0.3, 0.4) is 0 Å². The number of hydrogen-bond acceptors (Lipinski definition) is 4. The fraction of sp³-hybridized carbons (Fsp3) is 0.647. The Morgan fingerprint density at radius 1 is 1.23 bits per heavy atom. The van der Waals surface area contributed by atoms with Gasteiger partial charge in [-0.25, -0.2) is 4.98 Å². The lowest BCUT2D eigenvalue weighted by atomic mass is 9.98. The summed E-state index contributed by atoms with van der Waals surface area (Å²) in [6.45, 7) is 3.70. The Balaban J connectivity index is 1.56. The first-order chi connectivity index (χ1) is 10.7. The van der Waals surface area contributed by atoms with Gasteiger partial charge < -0.3 is 15.5 Å². The lowest BCUT2D eigenvalue weighted by Crippen LogP contribution is -2.34. The van der Waals surface area contributed by atoms with Crippen LogP contribution in [0.5, 0.6) is 0 Å². The predicted octanol–water partition coefficient (Wildman–Crippen LogP) is 1.49. The van der Waals surface area contributed by atoms with E-state index in [1.54, 1.807) is 6.20 Å². The Morgan fingerprint density at radius 3 is 2.82 bits per heavy atom. The SMILES string of the molecule is NC1CCC2CN(C(=O)c3cccnc3N3CCCC3)CC12. The molecule has 2 aliphatic heterocycles. The Kier molecular flexibility index (Phi) is 3.53. The summed E-state index contributed by atoms with van der Waals surface area (Å²) >= 11 is 0. The Bertz CT molecular complexity index is 570. The Hall–Kier alpha value is -1.62. The summed E-state index contributed by atoms with van der Waals surface area (Å²) in [5.41, 5.74) is 6.95. The van der Waals surface area contributed by atoms with E-state index in [1.165, 1.54) is 19.3 Å². The van der Waals surface area contributed by atoms with Gasteiger partial charge in [0.1, 0.15) is 5.82 Å². The second kappa shape index (κ2) is 5.54. The monoisotopic (exact) mass is 300 g/mol. The number of hydrogen-bond donors (Lipinski definition) is 1. The van der Waals surface area contributed by atoms with Gasteiger partial charge in [-0.1, -0.05) is 0 Å². The average molecular weight is 300 g/mol. The van der Waals surface area contributed by atoms with Crippen molar-refractivity contribution in [2.75, 3.05) is 31.1 Å². The lowest BCUT2D eigenvalue weighted by molar-refractivity contribution is 0.0780. The molecule has 2 N–H and O–H groups in total. The number of anilines is 1. The van der Waals surface area contributed by atoms with Crippen LogP contribution in [0.15, 0.2) is 18.3 Å². The minimum absolute atomic E-state index is 0.136. The highest BCUT2D eigenvalue weighted by atomic mass is 16.2. The quantitative estimate of drug-likeness (QED) is 0.899. The topological polar surface area (TPSA) is 62.5 Å². The minimum atomic E-state index is 0.136. The zero-order valence-corrected chi connectivity index (χ0v) is 12.9. The third-order valence-corrected chi connectivity index (χ3v) is 5.62. The molecule has 3 heterocycles. The van der Waals surface area contributed by atoms with Gasteiger partial charge in [0, 0.05) is 38.4 Å². The number of nitrogens with zero attached hydrogens (tertiary/aromatic N) is 3. The van der Waals surface area contributed by atoms with E-state index in [1.807, 2.05) is 17.0 Å². The van der Waals surface area contributed by atoms with Crippen molar-refractivity contribution in [3.05, 3.63) is 23.9 Å². The average Bonchev–Trinajstić information content (AvgIpc) is 3.25. The van der Waals surface area contributed by atoms with E-state index in [-0.39, 0.29) is 11.9 Å². The van der Waals surface area contributed by atoms with Gasteiger partial charge in [0.15, 0.2) is 0 Å². The highest BCUT2D eigenvalue weighted by Crippen LogP contribution is 2.38. The van der Waals surface area contributed by atoms with E-state index >= 15 is 0 Å². The van der Waals surface area contributed by atoms with Gasteiger partial charge in [-0.3, -0.25) is 4.79 Å². The molecule has 3 fully saturated rings. The maximum Gasteiger partial charge on any atom is 0.257 e. The van der Waals surface area contributed by atoms with Crippen molar-refractivity contribution in [1.29, 1.82) is 0 Å². The highest BCUT2D eigenvalue weighted by Gasteiger charge is 2.43. The van der Waals surface area contributed by atoms with Crippen LogP contribution in [0.25, 0.3) is 0 Å². The molecular formula is C17H24N4O. The second-order valence-electron chi connectivity index (χ2n) is 6.94. The van der Waals surface area contributed by atoms with E-state index in [4.69, 9.17) is 5.73 Å². The summed E-state index contributed by atoms with van der Waals surface area (Å²) in [6.07, 6.45) is 6.45. The number of amides is 1. The second-order valence-corrected chi connectivity index (χ2v) is 6.94. The molecule has 5 nitrogen and oxygen atoms in total. The van der Waals surface area contributed by atoms with E-state index < -0.39 is 0 Å². The lowest BCUT2D eigenvalue weighted by Gasteiger charge is -2.23. The van der Waals surface area contributed by atoms with Crippen molar-refractivity contribution < 1.29 is 4.79 Å². The molecule has 1 aromatic rings. The molecule has 0 radical (unpaired) electrons. The molecule has 0 bridgehead atoms. The van der Waals surface area contributed by atoms with Crippen molar-refractivity contribution in [3.63, 3.8) is 0 Å². The molecule has 4 rings (SSSR count). The number of likely N-dealkylation sites (tertiary alicyclic amines) is 1. The molecule has 22 heavy (non-hydrogen) atoms. The van der Waals surface area contributed by atoms with E-state index in [0.29, 0.717) is 11.8 Å². The standard InChI is InChI=1S/C17H24N4O/c18-15-6-5-12-10-21(11-14(12)15)17(22)13-4-3-7-19-16(13)20-8-1-2-9-20/h3-4,7,12,14-15H,1-2,5-6,8-11,18H2. The van der Waals surface area contributed by atoms with Crippen molar-refractivity contribution in [2.24, 2.45) is 17.6 Å². The van der Waals surface area contributed by atoms with Gasteiger partial charge in [-0.2, -0.15) is 0 Å². The first-order valence-electron chi connectivity index (χ1n) is 8.49. The summed E-state index contributed by atoms with van der Waals surface area (Å²) in [4.78, 5) is 21.7. The largest absolute Gasteiger partial charge is 0.356 e. The summed E-state index contributed by atoms with van der Waals surface area (Å²) in [5, 5.41) is 0. The zero-order chi connectivity index (χ0) is 15.1. The molecular weight excluding hydrogens is 276 g/mol. The van der Waals surface area contributed by atoms with E-state index in [9.17, 15) is 4.79 Å².